The number of ether oxygens (including phenoxy) is 2. The molecule has 2 N–H and O–H groups in total. The molecule has 0 bridgehead atoms. The van der Waals surface area contributed by atoms with Crippen LogP contribution in [-0.4, -0.2) is 59.6 Å². The Morgan fingerprint density at radius 1 is 1.25 bits per heavy atom. The zero-order valence-electron chi connectivity index (χ0n) is 18.0. The van der Waals surface area contributed by atoms with E-state index >= 15 is 0 Å². The number of fused-ring (bicyclic) bond motifs is 1. The third kappa shape index (κ3) is 6.44. The van der Waals surface area contributed by atoms with E-state index in [1.54, 1.807) is 6.20 Å². The summed E-state index contributed by atoms with van der Waals surface area (Å²) in [6.45, 7) is 0.913. The first-order valence-electron chi connectivity index (χ1n) is 10.4. The van der Waals surface area contributed by atoms with Crippen LogP contribution in [0.4, 0.5) is 5.82 Å². The molecule has 0 spiro atoms. The summed E-state index contributed by atoms with van der Waals surface area (Å²) in [5.41, 5.74) is 1.71. The minimum atomic E-state index is -1.11. The molecule has 1 aliphatic heterocycles. The summed E-state index contributed by atoms with van der Waals surface area (Å²) in [5, 5.41) is 12.4. The zero-order chi connectivity index (χ0) is 22.9. The molecule has 0 saturated carbocycles. The number of carboxylic acids is 1. The number of hydrogen-bond acceptors (Lipinski definition) is 7. The highest BCUT2D eigenvalue weighted by Crippen LogP contribution is 2.28. The first-order chi connectivity index (χ1) is 15.5. The van der Waals surface area contributed by atoms with Crippen molar-refractivity contribution < 1.29 is 29.0 Å². The van der Waals surface area contributed by atoms with Crippen LogP contribution in [0.15, 0.2) is 42.6 Å². The molecule has 1 aromatic carbocycles. The standard InChI is InChI=1S/C23H27N3O6/c1-31-22(29)13-17-11-16-6-7-19(12-18(16)14-26(23(17)30)15-21(27)28)32-10-4-9-25-20-5-2-3-8-24-20/h2-3,5-8,12,17H,4,9-11,13-15H2,1H3,(H,24,25)(H,27,28). The third-order valence-electron chi connectivity index (χ3n) is 5.19. The number of hydrogen-bond donors (Lipinski definition) is 2. The molecule has 0 radical (unpaired) electrons. The summed E-state index contributed by atoms with van der Waals surface area (Å²) in [6, 6.07) is 11.2. The maximum absolute atomic E-state index is 12.9. The number of nitrogens with one attached hydrogen (secondary N) is 1. The highest BCUT2D eigenvalue weighted by Gasteiger charge is 2.32. The Kier molecular flexibility index (Phi) is 8.02. The number of methoxy groups -OCH3 is 1. The van der Waals surface area contributed by atoms with Crippen molar-refractivity contribution in [3.05, 3.63) is 53.7 Å². The molecule has 2 aromatic rings. The predicted octanol–water partition coefficient (Wildman–Crippen LogP) is 2.11. The molecule has 1 unspecified atom stereocenters. The molecule has 0 fully saturated rings. The van der Waals surface area contributed by atoms with Crippen LogP contribution in [0.1, 0.15) is 24.0 Å². The average molecular weight is 441 g/mol. The lowest BCUT2D eigenvalue weighted by Gasteiger charge is -2.22. The van der Waals surface area contributed by atoms with Gasteiger partial charge in [-0.05, 0) is 48.2 Å². The van der Waals surface area contributed by atoms with E-state index < -0.39 is 24.4 Å². The molecule has 9 heteroatoms. The number of carbonyl (C=O) groups is 3. The molecule has 0 saturated heterocycles. The Bertz CT molecular complexity index is 950. The molecular weight excluding hydrogens is 414 g/mol. The minimum absolute atomic E-state index is 0.0909. The van der Waals surface area contributed by atoms with Crippen molar-refractivity contribution in [1.29, 1.82) is 0 Å². The summed E-state index contributed by atoms with van der Waals surface area (Å²) in [6.07, 6.45) is 2.74. The van der Waals surface area contributed by atoms with Crippen LogP contribution in [0.3, 0.4) is 0 Å². The lowest BCUT2D eigenvalue weighted by atomic mass is 9.94. The molecule has 32 heavy (non-hydrogen) atoms. The van der Waals surface area contributed by atoms with E-state index in [0.29, 0.717) is 25.3 Å². The number of anilines is 1. The van der Waals surface area contributed by atoms with Gasteiger partial charge in [-0.25, -0.2) is 4.98 Å². The van der Waals surface area contributed by atoms with Crippen LogP contribution in [0, 0.1) is 5.92 Å². The van der Waals surface area contributed by atoms with E-state index in [-0.39, 0.29) is 18.9 Å². The smallest absolute Gasteiger partial charge is 0.323 e. The first-order valence-corrected chi connectivity index (χ1v) is 10.4. The number of carboxylic acid groups (broad SMARTS) is 1. The van der Waals surface area contributed by atoms with E-state index in [4.69, 9.17) is 9.47 Å². The summed E-state index contributed by atoms with van der Waals surface area (Å²) in [4.78, 5) is 41.4. The van der Waals surface area contributed by atoms with Crippen LogP contribution in [-0.2, 0) is 32.1 Å². The van der Waals surface area contributed by atoms with Crippen molar-refractivity contribution in [1.82, 2.24) is 9.88 Å². The summed E-state index contributed by atoms with van der Waals surface area (Å²) >= 11 is 0. The first kappa shape index (κ1) is 23.1. The quantitative estimate of drug-likeness (QED) is 0.425. The van der Waals surface area contributed by atoms with Gasteiger partial charge in [0, 0.05) is 19.3 Å². The number of benzene rings is 1. The normalized spacial score (nSPS) is 15.5. The van der Waals surface area contributed by atoms with Crippen LogP contribution in [0.25, 0.3) is 0 Å². The number of esters is 1. The second-order valence-electron chi connectivity index (χ2n) is 7.54. The molecule has 1 aliphatic rings. The van der Waals surface area contributed by atoms with E-state index in [1.165, 1.54) is 12.0 Å². The van der Waals surface area contributed by atoms with E-state index in [1.807, 2.05) is 36.4 Å². The second-order valence-corrected chi connectivity index (χ2v) is 7.54. The molecule has 0 aliphatic carbocycles. The fourth-order valence-corrected chi connectivity index (χ4v) is 3.62. The van der Waals surface area contributed by atoms with Crippen molar-refractivity contribution >= 4 is 23.7 Å². The number of pyridine rings is 1. The Morgan fingerprint density at radius 3 is 2.81 bits per heavy atom. The van der Waals surface area contributed by atoms with Crippen molar-refractivity contribution in [3.8, 4) is 5.75 Å². The van der Waals surface area contributed by atoms with Gasteiger partial charge in [-0.15, -0.1) is 0 Å². The van der Waals surface area contributed by atoms with Gasteiger partial charge in [0.1, 0.15) is 18.1 Å². The molecule has 9 nitrogen and oxygen atoms in total. The van der Waals surface area contributed by atoms with Gasteiger partial charge in [-0.2, -0.15) is 0 Å². The monoisotopic (exact) mass is 441 g/mol. The average Bonchev–Trinajstić information content (AvgIpc) is 2.90. The van der Waals surface area contributed by atoms with Gasteiger partial charge < -0.3 is 24.8 Å². The van der Waals surface area contributed by atoms with E-state index in [9.17, 15) is 19.5 Å². The van der Waals surface area contributed by atoms with Gasteiger partial charge in [0.05, 0.1) is 26.1 Å². The molecule has 1 amide bonds. The maximum atomic E-state index is 12.9. The maximum Gasteiger partial charge on any atom is 0.323 e. The fraction of sp³-hybridized carbons (Fsp3) is 0.391. The van der Waals surface area contributed by atoms with E-state index in [2.05, 4.69) is 10.3 Å². The lowest BCUT2D eigenvalue weighted by Crippen LogP contribution is -2.39. The Labute approximate surface area is 186 Å². The van der Waals surface area contributed by atoms with Gasteiger partial charge >= 0.3 is 11.9 Å². The van der Waals surface area contributed by atoms with Gasteiger partial charge in [0.15, 0.2) is 0 Å². The van der Waals surface area contributed by atoms with Crippen LogP contribution >= 0.6 is 0 Å². The van der Waals surface area contributed by atoms with Crippen LogP contribution < -0.4 is 10.1 Å². The summed E-state index contributed by atoms with van der Waals surface area (Å²) < 4.78 is 10.6. The molecule has 170 valence electrons. The van der Waals surface area contributed by atoms with Crippen molar-refractivity contribution in [2.75, 3.05) is 32.1 Å². The molecule has 1 atom stereocenters. The zero-order valence-corrected chi connectivity index (χ0v) is 18.0. The van der Waals surface area contributed by atoms with Crippen LogP contribution in [0.2, 0.25) is 0 Å². The highest BCUT2D eigenvalue weighted by atomic mass is 16.5. The number of rotatable bonds is 10. The fourth-order valence-electron chi connectivity index (χ4n) is 3.62. The Morgan fingerprint density at radius 2 is 2.09 bits per heavy atom. The van der Waals surface area contributed by atoms with Gasteiger partial charge in [0.25, 0.3) is 0 Å². The minimum Gasteiger partial charge on any atom is -0.494 e. The number of aliphatic carboxylic acids is 1. The molecule has 1 aromatic heterocycles. The molecule has 3 rings (SSSR count). The Balaban J connectivity index is 1.63. The number of aromatic nitrogens is 1. The largest absolute Gasteiger partial charge is 0.494 e. The summed E-state index contributed by atoms with van der Waals surface area (Å²) in [7, 11) is 1.27. The van der Waals surface area contributed by atoms with Crippen molar-refractivity contribution in [3.63, 3.8) is 0 Å². The number of nitrogens with zero attached hydrogens (tertiary/aromatic N) is 2. The second kappa shape index (κ2) is 11.1. The summed E-state index contributed by atoms with van der Waals surface area (Å²) in [5.74, 6) is -1.17. The molecule has 2 heterocycles. The van der Waals surface area contributed by atoms with Gasteiger partial charge in [0.2, 0.25) is 5.91 Å². The van der Waals surface area contributed by atoms with Crippen molar-refractivity contribution in [2.45, 2.75) is 25.8 Å². The third-order valence-corrected chi connectivity index (χ3v) is 5.19. The topological polar surface area (TPSA) is 118 Å². The van der Waals surface area contributed by atoms with Gasteiger partial charge in [-0.3, -0.25) is 14.4 Å². The number of carbonyl (C=O) groups excluding carboxylic acids is 2. The van der Waals surface area contributed by atoms with E-state index in [0.717, 1.165) is 23.4 Å². The Hall–Kier alpha value is -3.62. The number of amides is 1. The van der Waals surface area contributed by atoms with Crippen molar-refractivity contribution in [2.24, 2.45) is 5.92 Å². The highest BCUT2D eigenvalue weighted by molar-refractivity contribution is 5.87. The lowest BCUT2D eigenvalue weighted by molar-refractivity contribution is -0.149. The predicted molar refractivity (Wildman–Crippen MR) is 116 cm³/mol. The molecular formula is C23H27N3O6. The van der Waals surface area contributed by atoms with Gasteiger partial charge in [-0.1, -0.05) is 12.1 Å². The van der Waals surface area contributed by atoms with Crippen LogP contribution in [0.5, 0.6) is 5.75 Å². The SMILES string of the molecule is COC(=O)CC1Cc2ccc(OCCCNc3ccccn3)cc2CN(CC(=O)O)C1=O.